The van der Waals surface area contributed by atoms with Gasteiger partial charge in [0.15, 0.2) is 0 Å². The minimum atomic E-state index is -2.59. The van der Waals surface area contributed by atoms with E-state index in [1.54, 1.807) is 30.3 Å². The number of hydrogen-bond donors (Lipinski definition) is 2. The van der Waals surface area contributed by atoms with Crippen LogP contribution < -0.4 is 5.32 Å². The maximum absolute atomic E-state index is 11.6. The molecule has 0 radical (unpaired) electrons. The van der Waals surface area contributed by atoms with Gasteiger partial charge in [-0.3, -0.25) is 4.79 Å². The lowest BCUT2D eigenvalue weighted by Crippen LogP contribution is -2.45. The number of aliphatic carboxylic acids is 1. The molecule has 0 aromatic heterocycles. The number of hydrogen-bond acceptors (Lipinski definition) is 5. The number of unbranched alkanes of at least 4 members (excludes halogenated alkanes) is 3. The molecule has 0 aliphatic carbocycles. The Kier molecular flexibility index (Phi) is 13.0. The van der Waals surface area contributed by atoms with Crippen molar-refractivity contribution in [3.63, 3.8) is 0 Å². The average Bonchev–Trinajstić information content (AvgIpc) is 2.71. The minimum Gasteiger partial charge on any atom is -0.478 e. The zero-order valence-corrected chi connectivity index (χ0v) is 20.2. The number of rotatable bonds is 16. The first-order chi connectivity index (χ1) is 14.9. The van der Waals surface area contributed by atoms with Crippen molar-refractivity contribution in [2.45, 2.75) is 65.8 Å². The summed E-state index contributed by atoms with van der Waals surface area (Å²) in [6, 6.07) is 7.90. The normalized spacial score (nSPS) is 12.1. The zero-order valence-electron chi connectivity index (χ0n) is 19.2. The molecule has 0 heterocycles. The molecule has 1 amide bonds. The van der Waals surface area contributed by atoms with Gasteiger partial charge in [0.2, 0.25) is 5.91 Å². The van der Waals surface area contributed by atoms with Gasteiger partial charge in [0.05, 0.1) is 0 Å². The lowest BCUT2D eigenvalue weighted by atomic mass is 10.0. The molecule has 0 saturated carbocycles. The molecule has 8 heteroatoms. The minimum absolute atomic E-state index is 0.141. The largest absolute Gasteiger partial charge is 0.500 e. The van der Waals surface area contributed by atoms with E-state index in [9.17, 15) is 14.7 Å². The van der Waals surface area contributed by atoms with Crippen LogP contribution in [0.25, 0.3) is 6.08 Å². The molecule has 1 rings (SSSR count). The van der Waals surface area contributed by atoms with E-state index < -0.39 is 14.8 Å². The number of carboxylic acid groups (broad SMARTS) is 1. The second-order valence-electron chi connectivity index (χ2n) is 7.17. The molecule has 2 N–H and O–H groups in total. The number of amides is 1. The van der Waals surface area contributed by atoms with E-state index in [1.165, 1.54) is 6.92 Å². The van der Waals surface area contributed by atoms with Crippen molar-refractivity contribution >= 4 is 32.4 Å². The number of carboxylic acids is 1. The van der Waals surface area contributed by atoms with Crippen molar-refractivity contribution in [3.8, 4) is 0 Å². The Morgan fingerprint density at radius 3 is 1.97 bits per heavy atom. The summed E-state index contributed by atoms with van der Waals surface area (Å²) in [4.78, 5) is 22.7. The van der Waals surface area contributed by atoms with Gasteiger partial charge in [0.1, 0.15) is 0 Å². The molecule has 1 aromatic rings. The SMILES string of the molecule is CCO[Si](CCCCCC/C(=C\c1ccc(NC(C)=O)cc1)C(=O)O)(OCC)OCC. The summed E-state index contributed by atoms with van der Waals surface area (Å²) in [5.74, 6) is -1.04. The lowest BCUT2D eigenvalue weighted by molar-refractivity contribution is -0.132. The van der Waals surface area contributed by atoms with Crippen molar-refractivity contribution in [1.29, 1.82) is 0 Å². The average molecular weight is 452 g/mol. The van der Waals surface area contributed by atoms with Crippen LogP contribution in [0.15, 0.2) is 29.8 Å². The number of carbonyl (C=O) groups is 2. The third-order valence-corrected chi connectivity index (χ3v) is 7.77. The third kappa shape index (κ3) is 10.7. The van der Waals surface area contributed by atoms with E-state index in [2.05, 4.69) is 5.32 Å². The van der Waals surface area contributed by atoms with Crippen LogP contribution in [-0.2, 0) is 22.9 Å². The van der Waals surface area contributed by atoms with Gasteiger partial charge in [-0.15, -0.1) is 0 Å². The standard InChI is InChI=1S/C23H37NO6Si/c1-5-28-31(29-6-2,30-7-3)17-11-9-8-10-12-21(23(26)27)18-20-13-15-22(16-14-20)24-19(4)25/h13-16,18H,5-12,17H2,1-4H3,(H,24,25)(H,26,27)/b21-18+. The van der Waals surface area contributed by atoms with E-state index in [0.29, 0.717) is 37.5 Å². The Labute approximate surface area is 187 Å². The van der Waals surface area contributed by atoms with Crippen LogP contribution in [0.2, 0.25) is 6.04 Å². The lowest BCUT2D eigenvalue weighted by Gasteiger charge is -2.28. The fourth-order valence-corrected chi connectivity index (χ4v) is 6.01. The summed E-state index contributed by atoms with van der Waals surface area (Å²) in [7, 11) is -2.59. The molecule has 0 spiro atoms. The quantitative estimate of drug-likeness (QED) is 0.206. The summed E-state index contributed by atoms with van der Waals surface area (Å²) in [6.45, 7) is 9.02. The Morgan fingerprint density at radius 1 is 0.935 bits per heavy atom. The molecular formula is C23H37NO6Si. The number of anilines is 1. The van der Waals surface area contributed by atoms with Crippen molar-refractivity contribution in [1.82, 2.24) is 0 Å². The molecule has 0 saturated heterocycles. The highest BCUT2D eigenvalue weighted by Gasteiger charge is 2.39. The molecule has 0 aliphatic heterocycles. The fourth-order valence-electron chi connectivity index (χ4n) is 3.32. The van der Waals surface area contributed by atoms with E-state index in [1.807, 2.05) is 20.8 Å². The predicted molar refractivity (Wildman–Crippen MR) is 125 cm³/mol. The van der Waals surface area contributed by atoms with Gasteiger partial charge < -0.3 is 23.7 Å². The zero-order chi connectivity index (χ0) is 23.1. The smallest absolute Gasteiger partial charge is 0.478 e. The Bertz CT molecular complexity index is 688. The number of nitrogens with one attached hydrogen (secondary N) is 1. The number of benzene rings is 1. The van der Waals surface area contributed by atoms with Crippen molar-refractivity contribution in [2.75, 3.05) is 25.1 Å². The molecule has 7 nitrogen and oxygen atoms in total. The molecule has 174 valence electrons. The van der Waals surface area contributed by atoms with Gasteiger partial charge >= 0.3 is 14.8 Å². The summed E-state index contributed by atoms with van der Waals surface area (Å²) in [5, 5.41) is 12.2. The van der Waals surface area contributed by atoms with Crippen LogP contribution in [0.3, 0.4) is 0 Å². The Hall–Kier alpha value is -2.00. The van der Waals surface area contributed by atoms with Crippen molar-refractivity contribution in [2.24, 2.45) is 0 Å². The Balaban J connectivity index is 2.52. The maximum atomic E-state index is 11.6. The van der Waals surface area contributed by atoms with Gasteiger partial charge in [-0.05, 0) is 63.8 Å². The highest BCUT2D eigenvalue weighted by atomic mass is 28.4. The molecular weight excluding hydrogens is 414 g/mol. The highest BCUT2D eigenvalue weighted by Crippen LogP contribution is 2.22. The van der Waals surface area contributed by atoms with Crippen LogP contribution >= 0.6 is 0 Å². The summed E-state index contributed by atoms with van der Waals surface area (Å²) >= 11 is 0. The molecule has 0 unspecified atom stereocenters. The molecule has 0 bridgehead atoms. The van der Waals surface area contributed by atoms with Gasteiger partial charge in [0, 0.05) is 44.0 Å². The van der Waals surface area contributed by atoms with Gasteiger partial charge in [-0.1, -0.05) is 25.0 Å². The summed E-state index contributed by atoms with van der Waals surface area (Å²) in [5.41, 5.74) is 1.87. The molecule has 0 fully saturated rings. The molecule has 31 heavy (non-hydrogen) atoms. The first-order valence-corrected chi connectivity index (χ1v) is 13.0. The van der Waals surface area contributed by atoms with Gasteiger partial charge in [-0.25, -0.2) is 4.79 Å². The maximum Gasteiger partial charge on any atom is 0.500 e. The van der Waals surface area contributed by atoms with E-state index in [-0.39, 0.29) is 5.91 Å². The van der Waals surface area contributed by atoms with Crippen LogP contribution in [0.1, 0.15) is 65.4 Å². The fraction of sp³-hybridized carbons (Fsp3) is 0.565. The Morgan fingerprint density at radius 2 is 1.48 bits per heavy atom. The van der Waals surface area contributed by atoms with E-state index >= 15 is 0 Å². The number of carbonyl (C=O) groups excluding carboxylic acids is 1. The monoisotopic (exact) mass is 451 g/mol. The van der Waals surface area contributed by atoms with Gasteiger partial charge in [0.25, 0.3) is 0 Å². The molecule has 0 aliphatic rings. The van der Waals surface area contributed by atoms with E-state index in [4.69, 9.17) is 13.3 Å². The first-order valence-electron chi connectivity index (χ1n) is 11.1. The topological polar surface area (TPSA) is 94.1 Å². The van der Waals surface area contributed by atoms with Crippen molar-refractivity contribution in [3.05, 3.63) is 35.4 Å². The second kappa shape index (κ2) is 14.9. The van der Waals surface area contributed by atoms with Gasteiger partial charge in [-0.2, -0.15) is 0 Å². The first kappa shape index (κ1) is 27.0. The predicted octanol–water partition coefficient (Wildman–Crippen LogP) is 5.11. The highest BCUT2D eigenvalue weighted by molar-refractivity contribution is 6.60. The molecule has 1 aromatic carbocycles. The van der Waals surface area contributed by atoms with Crippen LogP contribution in [0, 0.1) is 0 Å². The summed E-state index contributed by atoms with van der Waals surface area (Å²) in [6.07, 6.45) is 5.84. The second-order valence-corrected chi connectivity index (χ2v) is 9.91. The third-order valence-electron chi connectivity index (χ3n) is 4.62. The molecule has 0 atom stereocenters. The van der Waals surface area contributed by atoms with Crippen LogP contribution in [0.5, 0.6) is 0 Å². The van der Waals surface area contributed by atoms with E-state index in [0.717, 1.165) is 37.3 Å². The van der Waals surface area contributed by atoms with Crippen LogP contribution in [0.4, 0.5) is 5.69 Å². The van der Waals surface area contributed by atoms with Crippen molar-refractivity contribution < 1.29 is 28.0 Å². The summed E-state index contributed by atoms with van der Waals surface area (Å²) < 4.78 is 17.6. The van der Waals surface area contributed by atoms with Crippen LogP contribution in [-0.4, -0.2) is 45.6 Å².